The van der Waals surface area contributed by atoms with Crippen LogP contribution in [0.15, 0.2) is 22.7 Å². The van der Waals surface area contributed by atoms with Gasteiger partial charge in [-0.25, -0.2) is 4.39 Å². The van der Waals surface area contributed by atoms with Gasteiger partial charge in [-0.15, -0.1) is 0 Å². The molecule has 1 N–H and O–H groups in total. The van der Waals surface area contributed by atoms with Gasteiger partial charge >= 0.3 is 0 Å². The molecule has 0 heterocycles. The average Bonchev–Trinajstić information content (AvgIpc) is 3.15. The highest BCUT2D eigenvalue weighted by molar-refractivity contribution is 9.10. The summed E-state index contributed by atoms with van der Waals surface area (Å²) in [5.74, 6) is 0.849. The van der Waals surface area contributed by atoms with E-state index in [2.05, 4.69) is 35.1 Å². The Bertz CT molecular complexity index is 468. The van der Waals surface area contributed by atoms with Gasteiger partial charge in [0.25, 0.3) is 0 Å². The van der Waals surface area contributed by atoms with Crippen LogP contribution in [0.4, 0.5) is 4.39 Å². The summed E-state index contributed by atoms with van der Waals surface area (Å²) >= 11 is 3.32. The van der Waals surface area contributed by atoms with Gasteiger partial charge in [0.2, 0.25) is 0 Å². The Balaban J connectivity index is 1.74. The summed E-state index contributed by atoms with van der Waals surface area (Å²) in [6, 6.07) is 6.19. The highest BCUT2D eigenvalue weighted by Crippen LogP contribution is 2.64. The van der Waals surface area contributed by atoms with Crippen molar-refractivity contribution in [2.45, 2.75) is 38.6 Å². The molecular weight excluding hydrogens is 293 g/mol. The van der Waals surface area contributed by atoms with Gasteiger partial charge in [0.15, 0.2) is 0 Å². The van der Waals surface area contributed by atoms with E-state index in [0.717, 1.165) is 22.6 Å². The number of benzene rings is 1. The van der Waals surface area contributed by atoms with Crippen LogP contribution in [0.25, 0.3) is 0 Å². The number of hydrogen-bond acceptors (Lipinski definition) is 1. The number of hydrogen-bond donors (Lipinski definition) is 1. The van der Waals surface area contributed by atoms with Crippen LogP contribution in [0, 0.1) is 17.2 Å². The Morgan fingerprint density at radius 1 is 1.39 bits per heavy atom. The molecule has 0 aromatic heterocycles. The summed E-state index contributed by atoms with van der Waals surface area (Å²) in [5.41, 5.74) is 1.10. The average molecular weight is 312 g/mol. The fraction of sp³-hybridized carbons (Fsp3) is 0.600. The largest absolute Gasteiger partial charge is 0.314 e. The van der Waals surface area contributed by atoms with Crippen molar-refractivity contribution in [1.29, 1.82) is 0 Å². The minimum Gasteiger partial charge on any atom is -0.314 e. The normalized spacial score (nSPS) is 29.3. The topological polar surface area (TPSA) is 12.0 Å². The molecule has 18 heavy (non-hydrogen) atoms. The Kier molecular flexibility index (Phi) is 3.02. The van der Waals surface area contributed by atoms with E-state index in [1.807, 2.05) is 12.1 Å². The molecule has 0 aliphatic heterocycles. The lowest BCUT2D eigenvalue weighted by Gasteiger charge is -2.05. The van der Waals surface area contributed by atoms with E-state index in [1.54, 1.807) is 6.07 Å². The molecule has 2 atom stereocenters. The third-order valence-electron chi connectivity index (χ3n) is 4.55. The van der Waals surface area contributed by atoms with Crippen molar-refractivity contribution in [2.24, 2.45) is 11.3 Å². The van der Waals surface area contributed by atoms with Crippen LogP contribution in [0.5, 0.6) is 0 Å². The van der Waals surface area contributed by atoms with Gasteiger partial charge in [0.1, 0.15) is 5.82 Å². The molecule has 1 aromatic rings. The molecule has 0 bridgehead atoms. The standard InChI is InChI=1S/C15H19BrFN/c1-15(2)12(8-18-10-4-5-10)14(15)11-6-3-9(16)7-13(11)17/h3,6-7,10,12,14,18H,4-5,8H2,1-2H3. The first-order valence-electron chi connectivity index (χ1n) is 6.68. The zero-order valence-electron chi connectivity index (χ0n) is 10.8. The van der Waals surface area contributed by atoms with E-state index >= 15 is 0 Å². The lowest BCUT2D eigenvalue weighted by Crippen LogP contribution is -2.20. The van der Waals surface area contributed by atoms with Gasteiger partial charge in [0, 0.05) is 10.5 Å². The van der Waals surface area contributed by atoms with Crippen molar-refractivity contribution in [2.75, 3.05) is 6.54 Å². The fourth-order valence-electron chi connectivity index (χ4n) is 3.08. The zero-order valence-corrected chi connectivity index (χ0v) is 12.4. The lowest BCUT2D eigenvalue weighted by atomic mass is 10.0. The maximum absolute atomic E-state index is 14.0. The predicted octanol–water partition coefficient (Wildman–Crippen LogP) is 4.08. The second kappa shape index (κ2) is 4.31. The molecule has 0 amide bonds. The van der Waals surface area contributed by atoms with Crippen molar-refractivity contribution in [1.82, 2.24) is 5.32 Å². The first-order valence-corrected chi connectivity index (χ1v) is 7.48. The van der Waals surface area contributed by atoms with E-state index in [1.165, 1.54) is 12.8 Å². The lowest BCUT2D eigenvalue weighted by molar-refractivity contribution is 0.516. The molecule has 3 heteroatoms. The second-order valence-corrected chi connectivity index (χ2v) is 7.17. The van der Waals surface area contributed by atoms with Gasteiger partial charge in [-0.1, -0.05) is 35.8 Å². The number of rotatable bonds is 4. The molecule has 2 aliphatic carbocycles. The third kappa shape index (κ3) is 2.23. The molecule has 2 unspecified atom stereocenters. The van der Waals surface area contributed by atoms with Crippen molar-refractivity contribution in [3.8, 4) is 0 Å². The predicted molar refractivity (Wildman–Crippen MR) is 75.1 cm³/mol. The summed E-state index contributed by atoms with van der Waals surface area (Å²) in [6.07, 6.45) is 2.62. The summed E-state index contributed by atoms with van der Waals surface area (Å²) < 4.78 is 14.8. The first kappa shape index (κ1) is 12.6. The summed E-state index contributed by atoms with van der Waals surface area (Å²) in [6.45, 7) is 5.52. The van der Waals surface area contributed by atoms with Crippen LogP contribution in [-0.4, -0.2) is 12.6 Å². The van der Waals surface area contributed by atoms with E-state index < -0.39 is 0 Å². The van der Waals surface area contributed by atoms with Crippen LogP contribution in [-0.2, 0) is 0 Å². The van der Waals surface area contributed by atoms with Crippen LogP contribution >= 0.6 is 15.9 Å². The molecule has 2 aliphatic rings. The summed E-state index contributed by atoms with van der Waals surface area (Å²) in [4.78, 5) is 0. The van der Waals surface area contributed by atoms with E-state index in [4.69, 9.17) is 0 Å². The fourth-order valence-corrected chi connectivity index (χ4v) is 3.41. The smallest absolute Gasteiger partial charge is 0.127 e. The maximum atomic E-state index is 14.0. The van der Waals surface area contributed by atoms with Crippen LogP contribution in [0.2, 0.25) is 0 Å². The first-order chi connectivity index (χ1) is 8.50. The van der Waals surface area contributed by atoms with Crippen molar-refractivity contribution >= 4 is 15.9 Å². The maximum Gasteiger partial charge on any atom is 0.127 e. The Morgan fingerprint density at radius 3 is 2.72 bits per heavy atom. The minimum absolute atomic E-state index is 0.0728. The van der Waals surface area contributed by atoms with Crippen molar-refractivity contribution < 1.29 is 4.39 Å². The highest BCUT2D eigenvalue weighted by atomic mass is 79.9. The van der Waals surface area contributed by atoms with Crippen LogP contribution < -0.4 is 5.32 Å². The third-order valence-corrected chi connectivity index (χ3v) is 5.05. The van der Waals surface area contributed by atoms with Gasteiger partial charge < -0.3 is 5.32 Å². The quantitative estimate of drug-likeness (QED) is 0.883. The monoisotopic (exact) mass is 311 g/mol. The minimum atomic E-state index is -0.0728. The summed E-state index contributed by atoms with van der Waals surface area (Å²) in [7, 11) is 0. The molecule has 1 aromatic carbocycles. The molecule has 0 radical (unpaired) electrons. The molecule has 2 fully saturated rings. The van der Waals surface area contributed by atoms with Gasteiger partial charge in [0.05, 0.1) is 0 Å². The van der Waals surface area contributed by atoms with Crippen molar-refractivity contribution in [3.05, 3.63) is 34.1 Å². The zero-order chi connectivity index (χ0) is 12.9. The second-order valence-electron chi connectivity index (χ2n) is 6.25. The van der Waals surface area contributed by atoms with E-state index in [-0.39, 0.29) is 11.2 Å². The highest BCUT2D eigenvalue weighted by Gasteiger charge is 2.58. The van der Waals surface area contributed by atoms with Crippen molar-refractivity contribution in [3.63, 3.8) is 0 Å². The van der Waals surface area contributed by atoms with Crippen LogP contribution in [0.3, 0.4) is 0 Å². The summed E-state index contributed by atoms with van der Waals surface area (Å²) in [5, 5.41) is 3.57. The van der Waals surface area contributed by atoms with E-state index in [0.29, 0.717) is 11.8 Å². The van der Waals surface area contributed by atoms with E-state index in [9.17, 15) is 4.39 Å². The van der Waals surface area contributed by atoms with Gasteiger partial charge in [-0.05, 0) is 54.3 Å². The number of halogens is 2. The Morgan fingerprint density at radius 2 is 2.11 bits per heavy atom. The molecule has 2 saturated carbocycles. The molecule has 1 nitrogen and oxygen atoms in total. The number of nitrogens with one attached hydrogen (secondary N) is 1. The molecule has 98 valence electrons. The Hall–Kier alpha value is -0.410. The molecule has 0 saturated heterocycles. The molecule has 0 spiro atoms. The molecule has 3 rings (SSSR count). The van der Waals surface area contributed by atoms with Gasteiger partial charge in [-0.3, -0.25) is 0 Å². The SMILES string of the molecule is CC1(C)C(CNC2CC2)C1c1ccc(Br)cc1F. The van der Waals surface area contributed by atoms with Gasteiger partial charge in [-0.2, -0.15) is 0 Å². The Labute approximate surface area is 116 Å². The molecular formula is C15H19BrFN. The van der Waals surface area contributed by atoms with Crippen LogP contribution in [0.1, 0.15) is 38.2 Å².